The molecule has 1 saturated heterocycles. The molecule has 4 atom stereocenters. The normalized spacial score (nSPS) is 31.2. The van der Waals surface area contributed by atoms with Crippen molar-refractivity contribution in [3.8, 4) is 0 Å². The van der Waals surface area contributed by atoms with Crippen LogP contribution in [0.25, 0.3) is 11.2 Å². The van der Waals surface area contributed by atoms with E-state index in [1.807, 2.05) is 0 Å². The van der Waals surface area contributed by atoms with Crippen LogP contribution in [0.1, 0.15) is 6.23 Å². The Bertz CT molecular complexity index is 606. The highest BCUT2D eigenvalue weighted by Gasteiger charge is 2.43. The molecule has 0 aromatic carbocycles. The van der Waals surface area contributed by atoms with Crippen LogP contribution < -0.4 is 5.73 Å². The van der Waals surface area contributed by atoms with Crippen LogP contribution in [0.15, 0.2) is 12.5 Å². The van der Waals surface area contributed by atoms with E-state index in [-0.39, 0.29) is 12.2 Å². The fraction of sp³-hybridized carbons (Fsp3) is 0.500. The van der Waals surface area contributed by atoms with Crippen molar-refractivity contribution in [3.05, 3.63) is 18.6 Å². The van der Waals surface area contributed by atoms with E-state index in [0.29, 0.717) is 5.52 Å². The van der Waals surface area contributed by atoms with Crippen molar-refractivity contribution in [2.24, 2.45) is 5.73 Å². The predicted molar refractivity (Wildman–Crippen MR) is 60.3 cm³/mol. The van der Waals surface area contributed by atoms with Gasteiger partial charge in [0.05, 0.1) is 12.5 Å². The molecule has 2 aromatic heterocycles. The van der Waals surface area contributed by atoms with E-state index in [9.17, 15) is 14.6 Å². The van der Waals surface area contributed by atoms with E-state index in [1.54, 1.807) is 0 Å². The van der Waals surface area contributed by atoms with Crippen molar-refractivity contribution in [2.45, 2.75) is 24.5 Å². The van der Waals surface area contributed by atoms with Gasteiger partial charge in [0.1, 0.15) is 23.8 Å². The van der Waals surface area contributed by atoms with Gasteiger partial charge in [-0.15, -0.1) is 0 Å². The van der Waals surface area contributed by atoms with Gasteiger partial charge in [-0.3, -0.25) is 4.57 Å². The molecule has 0 saturated carbocycles. The summed E-state index contributed by atoms with van der Waals surface area (Å²) in [5.74, 6) is 0. The fourth-order valence-corrected chi connectivity index (χ4v) is 2.15. The summed E-state index contributed by atoms with van der Waals surface area (Å²) in [6, 6.07) is 0. The maximum atomic E-state index is 13.1. The van der Waals surface area contributed by atoms with Gasteiger partial charge < -0.3 is 20.7 Å². The van der Waals surface area contributed by atoms with Crippen LogP contribution in [0, 0.1) is 6.08 Å². The molecule has 0 bridgehead atoms. The maximum Gasteiger partial charge on any atom is 0.310 e. The Morgan fingerprint density at radius 1 is 1.37 bits per heavy atom. The third kappa shape index (κ3) is 1.87. The topological polar surface area (TPSA) is 119 Å². The minimum Gasteiger partial charge on any atom is -0.387 e. The minimum atomic E-state index is -1.19. The summed E-state index contributed by atoms with van der Waals surface area (Å²) in [5, 5.41) is 19.7. The average Bonchev–Trinajstić information content (AvgIpc) is 2.92. The number of imidazole rings is 1. The molecule has 3 heterocycles. The molecule has 2 aromatic rings. The zero-order valence-electron chi connectivity index (χ0n) is 9.72. The molecular weight excluding hydrogens is 257 g/mol. The summed E-state index contributed by atoms with van der Waals surface area (Å²) in [5.41, 5.74) is 5.98. The van der Waals surface area contributed by atoms with E-state index in [0.717, 1.165) is 0 Å². The highest BCUT2D eigenvalue weighted by molar-refractivity contribution is 5.69. The molecule has 1 fully saturated rings. The van der Waals surface area contributed by atoms with Gasteiger partial charge in [0.25, 0.3) is 0 Å². The standard InChI is InChI=1S/C10H12FN5O3/c11-10-13-2-4-8(15-10)16(3-14-4)9-7(18)6(17)5(1-12)19-9/h2-3,5-7,9,17-18H,1,12H2/t5-,6-,7-,9-/m1/s1. The number of halogens is 1. The number of hydrogen-bond donors (Lipinski definition) is 3. The Kier molecular flexibility index (Phi) is 2.90. The van der Waals surface area contributed by atoms with Crippen LogP contribution in [0.2, 0.25) is 0 Å². The zero-order chi connectivity index (χ0) is 13.6. The first-order chi connectivity index (χ1) is 9.11. The first-order valence-electron chi connectivity index (χ1n) is 5.68. The second-order valence-electron chi connectivity index (χ2n) is 4.28. The van der Waals surface area contributed by atoms with Crippen molar-refractivity contribution in [3.63, 3.8) is 0 Å². The van der Waals surface area contributed by atoms with Gasteiger partial charge in [-0.25, -0.2) is 9.97 Å². The van der Waals surface area contributed by atoms with Crippen LogP contribution in [0.5, 0.6) is 0 Å². The Labute approximate surface area is 106 Å². The third-order valence-corrected chi connectivity index (χ3v) is 3.13. The summed E-state index contributed by atoms with van der Waals surface area (Å²) >= 11 is 0. The van der Waals surface area contributed by atoms with E-state index in [1.165, 1.54) is 17.1 Å². The molecule has 9 heteroatoms. The van der Waals surface area contributed by atoms with Crippen molar-refractivity contribution in [2.75, 3.05) is 6.54 Å². The Balaban J connectivity index is 2.03. The molecule has 0 aliphatic carbocycles. The average molecular weight is 269 g/mol. The van der Waals surface area contributed by atoms with Crippen molar-refractivity contribution < 1.29 is 19.3 Å². The molecule has 19 heavy (non-hydrogen) atoms. The number of nitrogens with zero attached hydrogens (tertiary/aromatic N) is 4. The van der Waals surface area contributed by atoms with Gasteiger partial charge in [0, 0.05) is 6.54 Å². The number of nitrogens with two attached hydrogens (primary N) is 1. The number of ether oxygens (including phenoxy) is 1. The molecule has 102 valence electrons. The molecule has 8 nitrogen and oxygen atoms in total. The molecule has 0 unspecified atom stereocenters. The van der Waals surface area contributed by atoms with Gasteiger partial charge in [-0.2, -0.15) is 9.37 Å². The number of hydrogen-bond acceptors (Lipinski definition) is 7. The SMILES string of the molecule is NC[C@H]1O[C@@H](n2cnc3cnc(F)nc32)[C@H](O)[C@@H]1O. The molecule has 0 amide bonds. The summed E-state index contributed by atoms with van der Waals surface area (Å²) < 4.78 is 19.9. The van der Waals surface area contributed by atoms with E-state index in [2.05, 4.69) is 15.0 Å². The van der Waals surface area contributed by atoms with Gasteiger partial charge in [0.15, 0.2) is 11.9 Å². The largest absolute Gasteiger partial charge is 0.387 e. The number of fused-ring (bicyclic) bond motifs is 1. The first kappa shape index (κ1) is 12.4. The predicted octanol–water partition coefficient (Wildman–Crippen LogP) is -1.46. The maximum absolute atomic E-state index is 13.1. The van der Waals surface area contributed by atoms with Crippen LogP contribution >= 0.6 is 0 Å². The second-order valence-corrected chi connectivity index (χ2v) is 4.28. The molecule has 1 aliphatic rings. The van der Waals surface area contributed by atoms with Gasteiger partial charge in [-0.1, -0.05) is 0 Å². The number of aliphatic hydroxyl groups excluding tert-OH is 2. The monoisotopic (exact) mass is 269 g/mol. The molecule has 0 radical (unpaired) electrons. The molecular formula is C10H12FN5O3. The number of aromatic nitrogens is 4. The highest BCUT2D eigenvalue weighted by Crippen LogP contribution is 2.30. The lowest BCUT2D eigenvalue weighted by atomic mass is 10.1. The Hall–Kier alpha value is -1.68. The smallest absolute Gasteiger partial charge is 0.310 e. The number of aliphatic hydroxyl groups is 2. The van der Waals surface area contributed by atoms with Gasteiger partial charge >= 0.3 is 6.08 Å². The first-order valence-corrected chi connectivity index (χ1v) is 5.68. The Morgan fingerprint density at radius 2 is 2.16 bits per heavy atom. The lowest BCUT2D eigenvalue weighted by Gasteiger charge is -2.16. The van der Waals surface area contributed by atoms with E-state index >= 15 is 0 Å². The van der Waals surface area contributed by atoms with Crippen molar-refractivity contribution in [1.29, 1.82) is 0 Å². The lowest BCUT2D eigenvalue weighted by molar-refractivity contribution is -0.0322. The summed E-state index contributed by atoms with van der Waals surface area (Å²) in [4.78, 5) is 11.0. The van der Waals surface area contributed by atoms with Crippen LogP contribution in [0.4, 0.5) is 4.39 Å². The molecule has 0 spiro atoms. The minimum absolute atomic E-state index is 0.0602. The summed E-state index contributed by atoms with van der Waals surface area (Å²) in [7, 11) is 0. The number of rotatable bonds is 2. The van der Waals surface area contributed by atoms with Crippen molar-refractivity contribution in [1.82, 2.24) is 19.5 Å². The van der Waals surface area contributed by atoms with Crippen LogP contribution in [0.3, 0.4) is 0 Å². The summed E-state index contributed by atoms with van der Waals surface area (Å²) in [6.07, 6.45) is -2.24. The zero-order valence-corrected chi connectivity index (χ0v) is 9.72. The van der Waals surface area contributed by atoms with Crippen LogP contribution in [-0.2, 0) is 4.74 Å². The Morgan fingerprint density at radius 3 is 2.84 bits per heavy atom. The quantitative estimate of drug-likeness (QED) is 0.570. The van der Waals surface area contributed by atoms with Crippen molar-refractivity contribution >= 4 is 11.2 Å². The fourth-order valence-electron chi connectivity index (χ4n) is 2.15. The molecule has 1 aliphatic heterocycles. The van der Waals surface area contributed by atoms with Crippen LogP contribution in [-0.4, -0.2) is 54.6 Å². The highest BCUT2D eigenvalue weighted by atomic mass is 19.1. The van der Waals surface area contributed by atoms with E-state index < -0.39 is 30.6 Å². The third-order valence-electron chi connectivity index (χ3n) is 3.13. The second kappa shape index (κ2) is 4.46. The van der Waals surface area contributed by atoms with Gasteiger partial charge in [0.2, 0.25) is 0 Å². The molecule has 4 N–H and O–H groups in total. The molecule has 3 rings (SSSR count). The van der Waals surface area contributed by atoms with E-state index in [4.69, 9.17) is 10.5 Å². The van der Waals surface area contributed by atoms with Gasteiger partial charge in [-0.05, 0) is 0 Å². The lowest BCUT2D eigenvalue weighted by Crippen LogP contribution is -2.35. The summed E-state index contributed by atoms with van der Waals surface area (Å²) in [6.45, 7) is 0.0602.